The molecule has 0 fully saturated rings. The van der Waals surface area contributed by atoms with Crippen LogP contribution in [0.5, 0.6) is 0 Å². The second-order valence-electron chi connectivity index (χ2n) is 8.11. The van der Waals surface area contributed by atoms with Gasteiger partial charge in [0, 0.05) is 11.9 Å². The van der Waals surface area contributed by atoms with Crippen molar-refractivity contribution in [2.75, 3.05) is 0 Å². The number of pyridine rings is 1. The molecule has 0 amide bonds. The number of aryl methyl sites for hydroxylation is 1. The van der Waals surface area contributed by atoms with Crippen LogP contribution in [0, 0.1) is 6.92 Å². The number of hydrogen-bond donors (Lipinski definition) is 0. The Kier molecular flexibility index (Phi) is 4.07. The molecule has 1 nitrogen and oxygen atoms in total. The summed E-state index contributed by atoms with van der Waals surface area (Å²) in [4.78, 5) is 4.31. The van der Waals surface area contributed by atoms with Crippen molar-refractivity contribution in [3.63, 3.8) is 0 Å². The van der Waals surface area contributed by atoms with E-state index in [0.717, 1.165) is 5.69 Å². The van der Waals surface area contributed by atoms with Gasteiger partial charge in [-0.2, -0.15) is 0 Å². The van der Waals surface area contributed by atoms with Crippen LogP contribution in [-0.2, 0) is 0 Å². The molecule has 1 heterocycles. The fourth-order valence-electron chi connectivity index (χ4n) is 4.67. The fraction of sp³-hybridized carbons (Fsp3) is 0.0333. The van der Waals surface area contributed by atoms with Crippen molar-refractivity contribution in [3.05, 3.63) is 115 Å². The first-order chi connectivity index (χ1) is 15.3. The Hall–Kier alpha value is -3.97. The topological polar surface area (TPSA) is 12.9 Å². The van der Waals surface area contributed by atoms with E-state index in [1.165, 1.54) is 54.6 Å². The molecule has 31 heavy (non-hydrogen) atoms. The number of rotatable bonds is 2. The van der Waals surface area contributed by atoms with E-state index in [4.69, 9.17) is 0 Å². The highest BCUT2D eigenvalue weighted by molar-refractivity contribution is 6.25. The summed E-state index contributed by atoms with van der Waals surface area (Å²) in [5, 5.41) is 7.86. The van der Waals surface area contributed by atoms with E-state index in [1.807, 2.05) is 13.1 Å². The SMILES string of the molecule is Cc1cc(-c2ccc(-c3ccc4c5ccccc5c5ccccc5c4c3)cc2)ccn1. The van der Waals surface area contributed by atoms with E-state index in [0.29, 0.717) is 0 Å². The number of benzene rings is 5. The third-order valence-electron chi connectivity index (χ3n) is 6.19. The first-order valence-corrected chi connectivity index (χ1v) is 10.6. The van der Waals surface area contributed by atoms with Gasteiger partial charge < -0.3 is 0 Å². The molecular weight excluding hydrogens is 374 g/mol. The molecule has 0 saturated heterocycles. The number of aromatic nitrogens is 1. The molecule has 0 atom stereocenters. The largest absolute Gasteiger partial charge is 0.262 e. The smallest absolute Gasteiger partial charge is 0.0378 e. The van der Waals surface area contributed by atoms with Crippen LogP contribution in [0.2, 0.25) is 0 Å². The second kappa shape index (κ2) is 7.07. The average molecular weight is 396 g/mol. The van der Waals surface area contributed by atoms with Crippen LogP contribution in [0.4, 0.5) is 0 Å². The number of hydrogen-bond acceptors (Lipinski definition) is 1. The monoisotopic (exact) mass is 395 g/mol. The van der Waals surface area contributed by atoms with E-state index in [-0.39, 0.29) is 0 Å². The van der Waals surface area contributed by atoms with Gasteiger partial charge in [-0.25, -0.2) is 0 Å². The molecule has 0 aliphatic carbocycles. The van der Waals surface area contributed by atoms with Gasteiger partial charge in [0.15, 0.2) is 0 Å². The molecule has 1 heteroatoms. The van der Waals surface area contributed by atoms with Crippen molar-refractivity contribution in [2.24, 2.45) is 0 Å². The summed E-state index contributed by atoms with van der Waals surface area (Å²) in [5.41, 5.74) is 5.93. The van der Waals surface area contributed by atoms with Crippen molar-refractivity contribution >= 4 is 32.3 Å². The minimum absolute atomic E-state index is 1.04. The summed E-state index contributed by atoms with van der Waals surface area (Å²) >= 11 is 0. The maximum absolute atomic E-state index is 4.31. The molecule has 0 aliphatic rings. The second-order valence-corrected chi connectivity index (χ2v) is 8.11. The summed E-state index contributed by atoms with van der Waals surface area (Å²) in [6.07, 6.45) is 1.87. The highest BCUT2D eigenvalue weighted by atomic mass is 14.6. The molecule has 6 aromatic rings. The van der Waals surface area contributed by atoms with E-state index in [1.54, 1.807) is 0 Å². The number of fused-ring (bicyclic) bond motifs is 6. The molecule has 0 N–H and O–H groups in total. The van der Waals surface area contributed by atoms with Crippen molar-refractivity contribution in [3.8, 4) is 22.3 Å². The molecule has 0 unspecified atom stereocenters. The number of nitrogens with zero attached hydrogens (tertiary/aromatic N) is 1. The standard InChI is InChI=1S/C30H21N/c1-20-18-24(16-17-31-20)22-12-10-21(11-13-22)23-14-15-29-27-8-3-2-6-25(27)26-7-4-5-9-28(26)30(29)19-23/h2-19H,1H3. The van der Waals surface area contributed by atoms with Crippen LogP contribution in [0.15, 0.2) is 109 Å². The minimum Gasteiger partial charge on any atom is -0.262 e. The Labute approximate surface area is 181 Å². The van der Waals surface area contributed by atoms with Gasteiger partial charge in [0.25, 0.3) is 0 Å². The lowest BCUT2D eigenvalue weighted by molar-refractivity contribution is 1.20. The summed E-state index contributed by atoms with van der Waals surface area (Å²) in [5.74, 6) is 0. The van der Waals surface area contributed by atoms with Crippen LogP contribution < -0.4 is 0 Å². The van der Waals surface area contributed by atoms with E-state index in [9.17, 15) is 0 Å². The normalized spacial score (nSPS) is 11.4. The van der Waals surface area contributed by atoms with Gasteiger partial charge in [0.05, 0.1) is 0 Å². The lowest BCUT2D eigenvalue weighted by Gasteiger charge is -2.12. The molecule has 146 valence electrons. The first-order valence-electron chi connectivity index (χ1n) is 10.6. The molecule has 0 radical (unpaired) electrons. The minimum atomic E-state index is 1.04. The van der Waals surface area contributed by atoms with E-state index < -0.39 is 0 Å². The zero-order valence-electron chi connectivity index (χ0n) is 17.3. The lowest BCUT2D eigenvalue weighted by atomic mass is 9.92. The summed E-state index contributed by atoms with van der Waals surface area (Å²) in [7, 11) is 0. The third-order valence-corrected chi connectivity index (χ3v) is 6.19. The quantitative estimate of drug-likeness (QED) is 0.269. The van der Waals surface area contributed by atoms with Gasteiger partial charge in [0.2, 0.25) is 0 Å². The van der Waals surface area contributed by atoms with Gasteiger partial charge in [-0.05, 0) is 79.7 Å². The van der Waals surface area contributed by atoms with Crippen molar-refractivity contribution in [1.29, 1.82) is 0 Å². The van der Waals surface area contributed by atoms with Crippen molar-refractivity contribution in [2.45, 2.75) is 6.92 Å². The van der Waals surface area contributed by atoms with Crippen LogP contribution >= 0.6 is 0 Å². The zero-order valence-corrected chi connectivity index (χ0v) is 17.3. The lowest BCUT2D eigenvalue weighted by Crippen LogP contribution is -1.86. The highest BCUT2D eigenvalue weighted by Gasteiger charge is 2.09. The molecule has 0 bridgehead atoms. The Bertz CT molecular complexity index is 1540. The van der Waals surface area contributed by atoms with E-state index in [2.05, 4.69) is 108 Å². The molecule has 0 spiro atoms. The summed E-state index contributed by atoms with van der Waals surface area (Å²) in [6.45, 7) is 2.03. The average Bonchev–Trinajstić information content (AvgIpc) is 2.84. The molecule has 5 aromatic carbocycles. The van der Waals surface area contributed by atoms with Gasteiger partial charge in [-0.3, -0.25) is 4.98 Å². The Balaban J connectivity index is 1.53. The van der Waals surface area contributed by atoms with Crippen LogP contribution in [-0.4, -0.2) is 4.98 Å². The molecule has 6 rings (SSSR count). The van der Waals surface area contributed by atoms with Gasteiger partial charge >= 0.3 is 0 Å². The predicted molar refractivity (Wildman–Crippen MR) is 132 cm³/mol. The zero-order chi connectivity index (χ0) is 20.8. The van der Waals surface area contributed by atoms with Crippen LogP contribution in [0.3, 0.4) is 0 Å². The fourth-order valence-corrected chi connectivity index (χ4v) is 4.67. The van der Waals surface area contributed by atoms with Gasteiger partial charge in [-0.1, -0.05) is 84.9 Å². The van der Waals surface area contributed by atoms with Gasteiger partial charge in [0.1, 0.15) is 0 Å². The highest BCUT2D eigenvalue weighted by Crippen LogP contribution is 2.37. The molecule has 0 aliphatic heterocycles. The maximum Gasteiger partial charge on any atom is 0.0378 e. The Morgan fingerprint density at radius 1 is 0.419 bits per heavy atom. The first kappa shape index (κ1) is 17.9. The van der Waals surface area contributed by atoms with Crippen molar-refractivity contribution in [1.82, 2.24) is 4.98 Å². The maximum atomic E-state index is 4.31. The van der Waals surface area contributed by atoms with Crippen LogP contribution in [0.25, 0.3) is 54.6 Å². The van der Waals surface area contributed by atoms with Crippen molar-refractivity contribution < 1.29 is 0 Å². The summed E-state index contributed by atoms with van der Waals surface area (Å²) < 4.78 is 0. The molecule has 1 aromatic heterocycles. The Morgan fingerprint density at radius 2 is 0.871 bits per heavy atom. The predicted octanol–water partition coefficient (Wildman–Crippen LogP) is 8.18. The Morgan fingerprint density at radius 3 is 1.42 bits per heavy atom. The third kappa shape index (κ3) is 2.98. The van der Waals surface area contributed by atoms with Crippen LogP contribution in [0.1, 0.15) is 5.69 Å². The molecular formula is C30H21N. The summed E-state index contributed by atoms with van der Waals surface area (Å²) in [6, 6.07) is 37.3. The molecule has 0 saturated carbocycles. The van der Waals surface area contributed by atoms with E-state index >= 15 is 0 Å². The van der Waals surface area contributed by atoms with Gasteiger partial charge in [-0.15, -0.1) is 0 Å².